The van der Waals surface area contributed by atoms with Crippen LogP contribution < -0.4 is 9.64 Å². The van der Waals surface area contributed by atoms with Crippen LogP contribution in [0.4, 0.5) is 5.82 Å². The maximum Gasteiger partial charge on any atom is 0.263 e. The molecule has 1 fully saturated rings. The minimum Gasteiger partial charge on any atom is -0.481 e. The number of hydrogen-bond acceptors (Lipinski definition) is 7. The van der Waals surface area contributed by atoms with Crippen molar-refractivity contribution in [2.24, 2.45) is 0 Å². The normalized spacial score (nSPS) is 15.1. The van der Waals surface area contributed by atoms with E-state index in [9.17, 15) is 4.79 Å². The van der Waals surface area contributed by atoms with Gasteiger partial charge in [0.2, 0.25) is 11.7 Å². The number of para-hydroxylation sites is 1. The highest BCUT2D eigenvalue weighted by Gasteiger charge is 2.26. The van der Waals surface area contributed by atoms with Crippen molar-refractivity contribution in [1.82, 2.24) is 20.0 Å². The number of piperazine rings is 1. The number of aryl methyl sites for hydroxylation is 1. The standard InChI is InChI=1S/C22H25N5O3/c1-3-20-24-21(25-30-20)17-9-10-19(23-15-17)26-11-13-27(14-12-26)22(28)16(2)29-18-7-5-4-6-8-18/h4-10,15-16H,3,11-14H2,1-2H3. The van der Waals surface area contributed by atoms with Crippen LogP contribution >= 0.6 is 0 Å². The number of anilines is 1. The van der Waals surface area contributed by atoms with Crippen molar-refractivity contribution in [2.45, 2.75) is 26.4 Å². The van der Waals surface area contributed by atoms with E-state index in [1.807, 2.05) is 54.3 Å². The van der Waals surface area contributed by atoms with Gasteiger partial charge in [0.25, 0.3) is 5.91 Å². The first-order chi connectivity index (χ1) is 14.6. The molecule has 1 atom stereocenters. The molecule has 1 unspecified atom stereocenters. The number of nitrogens with zero attached hydrogens (tertiary/aromatic N) is 5. The largest absolute Gasteiger partial charge is 0.481 e. The van der Waals surface area contributed by atoms with E-state index in [1.54, 1.807) is 13.1 Å². The molecule has 8 heteroatoms. The average Bonchev–Trinajstić information content (AvgIpc) is 3.29. The molecular formula is C22H25N5O3. The molecule has 0 spiro atoms. The maximum atomic E-state index is 12.7. The van der Waals surface area contributed by atoms with Crippen molar-refractivity contribution >= 4 is 11.7 Å². The van der Waals surface area contributed by atoms with Gasteiger partial charge in [-0.25, -0.2) is 4.98 Å². The quantitative estimate of drug-likeness (QED) is 0.621. The number of amides is 1. The Bertz CT molecular complexity index is 966. The topological polar surface area (TPSA) is 84.6 Å². The molecule has 1 saturated heterocycles. The number of rotatable bonds is 6. The molecule has 3 aromatic rings. The summed E-state index contributed by atoms with van der Waals surface area (Å²) in [6.45, 7) is 6.48. The third-order valence-electron chi connectivity index (χ3n) is 5.10. The zero-order valence-electron chi connectivity index (χ0n) is 17.2. The van der Waals surface area contributed by atoms with Crippen LogP contribution in [-0.2, 0) is 11.2 Å². The number of pyridine rings is 1. The number of carbonyl (C=O) groups excluding carboxylic acids is 1. The fourth-order valence-corrected chi connectivity index (χ4v) is 3.39. The molecule has 1 aliphatic rings. The third-order valence-corrected chi connectivity index (χ3v) is 5.10. The fourth-order valence-electron chi connectivity index (χ4n) is 3.39. The van der Waals surface area contributed by atoms with Gasteiger partial charge >= 0.3 is 0 Å². The molecule has 0 radical (unpaired) electrons. The highest BCUT2D eigenvalue weighted by molar-refractivity contribution is 5.81. The van der Waals surface area contributed by atoms with Crippen LogP contribution in [-0.4, -0.2) is 58.2 Å². The van der Waals surface area contributed by atoms with Gasteiger partial charge < -0.3 is 19.1 Å². The van der Waals surface area contributed by atoms with Gasteiger partial charge in [-0.05, 0) is 31.2 Å². The van der Waals surface area contributed by atoms with Gasteiger partial charge in [-0.3, -0.25) is 4.79 Å². The van der Waals surface area contributed by atoms with Crippen LogP contribution in [0.15, 0.2) is 53.2 Å². The Morgan fingerprint density at radius 1 is 1.13 bits per heavy atom. The fraction of sp³-hybridized carbons (Fsp3) is 0.364. The van der Waals surface area contributed by atoms with E-state index < -0.39 is 6.10 Å². The summed E-state index contributed by atoms with van der Waals surface area (Å²) >= 11 is 0. The highest BCUT2D eigenvalue weighted by atomic mass is 16.5. The molecule has 4 rings (SSSR count). The molecule has 8 nitrogen and oxygen atoms in total. The minimum atomic E-state index is -0.515. The van der Waals surface area contributed by atoms with Crippen LogP contribution in [0.2, 0.25) is 0 Å². The van der Waals surface area contributed by atoms with Gasteiger partial charge in [0.15, 0.2) is 6.10 Å². The molecule has 0 saturated carbocycles. The Morgan fingerprint density at radius 2 is 1.90 bits per heavy atom. The second kappa shape index (κ2) is 8.94. The minimum absolute atomic E-state index is 0.00523. The van der Waals surface area contributed by atoms with Crippen LogP contribution in [0.25, 0.3) is 11.4 Å². The number of aromatic nitrogens is 3. The lowest BCUT2D eigenvalue weighted by atomic mass is 10.2. The second-order valence-corrected chi connectivity index (χ2v) is 7.16. The summed E-state index contributed by atoms with van der Waals surface area (Å²) in [5.41, 5.74) is 0.822. The predicted molar refractivity (Wildman–Crippen MR) is 112 cm³/mol. The van der Waals surface area contributed by atoms with Crippen LogP contribution in [0, 0.1) is 0 Å². The SMILES string of the molecule is CCc1nc(-c2ccc(N3CCN(C(=O)C(C)Oc4ccccc4)CC3)nc2)no1. The van der Waals surface area contributed by atoms with Gasteiger partial charge in [-0.15, -0.1) is 0 Å². The number of ether oxygens (including phenoxy) is 1. The van der Waals surface area contributed by atoms with Crippen LogP contribution in [0.3, 0.4) is 0 Å². The Hall–Kier alpha value is -3.42. The van der Waals surface area contributed by atoms with Crippen molar-refractivity contribution in [2.75, 3.05) is 31.1 Å². The Morgan fingerprint density at radius 3 is 2.53 bits per heavy atom. The Balaban J connectivity index is 1.32. The van der Waals surface area contributed by atoms with Crippen LogP contribution in [0.1, 0.15) is 19.7 Å². The van der Waals surface area contributed by atoms with Crippen molar-refractivity contribution < 1.29 is 14.1 Å². The first-order valence-electron chi connectivity index (χ1n) is 10.2. The average molecular weight is 407 g/mol. The summed E-state index contributed by atoms with van der Waals surface area (Å²) in [7, 11) is 0. The lowest BCUT2D eigenvalue weighted by molar-refractivity contribution is -0.138. The van der Waals surface area contributed by atoms with Gasteiger partial charge in [0.05, 0.1) is 0 Å². The molecule has 30 heavy (non-hydrogen) atoms. The van der Waals surface area contributed by atoms with E-state index in [0.29, 0.717) is 37.0 Å². The highest BCUT2D eigenvalue weighted by Crippen LogP contribution is 2.20. The summed E-state index contributed by atoms with van der Waals surface area (Å²) in [4.78, 5) is 25.6. The monoisotopic (exact) mass is 407 g/mol. The Kier molecular flexibility index (Phi) is 5.92. The zero-order chi connectivity index (χ0) is 20.9. The summed E-state index contributed by atoms with van der Waals surface area (Å²) < 4.78 is 10.9. The number of hydrogen-bond donors (Lipinski definition) is 0. The summed E-state index contributed by atoms with van der Waals surface area (Å²) in [5.74, 6) is 2.74. The van der Waals surface area contributed by atoms with E-state index in [0.717, 1.165) is 24.5 Å². The van der Waals surface area contributed by atoms with Crippen molar-refractivity contribution in [3.8, 4) is 17.1 Å². The summed E-state index contributed by atoms with van der Waals surface area (Å²) in [6, 6.07) is 13.3. The van der Waals surface area contributed by atoms with Gasteiger partial charge in [0.1, 0.15) is 11.6 Å². The van der Waals surface area contributed by atoms with E-state index >= 15 is 0 Å². The molecule has 2 aromatic heterocycles. The summed E-state index contributed by atoms with van der Waals surface area (Å²) in [5, 5.41) is 3.98. The smallest absolute Gasteiger partial charge is 0.263 e. The number of benzene rings is 1. The Labute approximate surface area is 175 Å². The van der Waals surface area contributed by atoms with E-state index in [2.05, 4.69) is 20.0 Å². The first kappa shape index (κ1) is 19.9. The predicted octanol–water partition coefficient (Wildman–Crippen LogP) is 2.81. The van der Waals surface area contributed by atoms with Crippen molar-refractivity contribution in [1.29, 1.82) is 0 Å². The van der Waals surface area contributed by atoms with Gasteiger partial charge in [-0.1, -0.05) is 30.3 Å². The van der Waals surface area contributed by atoms with Crippen molar-refractivity contribution in [3.63, 3.8) is 0 Å². The van der Waals surface area contributed by atoms with Gasteiger partial charge in [0, 0.05) is 44.4 Å². The van der Waals surface area contributed by atoms with Crippen LogP contribution in [0.5, 0.6) is 5.75 Å². The van der Waals surface area contributed by atoms with Crippen molar-refractivity contribution in [3.05, 3.63) is 54.6 Å². The lowest BCUT2D eigenvalue weighted by Gasteiger charge is -2.36. The molecule has 0 aliphatic carbocycles. The maximum absolute atomic E-state index is 12.7. The molecule has 1 aromatic carbocycles. The first-order valence-corrected chi connectivity index (χ1v) is 10.2. The molecule has 0 bridgehead atoms. The summed E-state index contributed by atoms with van der Waals surface area (Å²) in [6.07, 6.45) is 1.95. The second-order valence-electron chi connectivity index (χ2n) is 7.16. The molecular weight excluding hydrogens is 382 g/mol. The van der Waals surface area contributed by atoms with E-state index in [4.69, 9.17) is 9.26 Å². The van der Waals surface area contributed by atoms with Gasteiger partial charge in [-0.2, -0.15) is 4.98 Å². The number of carbonyl (C=O) groups is 1. The molecule has 156 valence electrons. The zero-order valence-corrected chi connectivity index (χ0v) is 17.2. The molecule has 0 N–H and O–H groups in total. The van der Waals surface area contributed by atoms with E-state index in [1.165, 1.54) is 0 Å². The molecule has 1 amide bonds. The third kappa shape index (κ3) is 4.42. The molecule has 1 aliphatic heterocycles. The lowest BCUT2D eigenvalue weighted by Crippen LogP contribution is -2.52. The van der Waals surface area contributed by atoms with E-state index in [-0.39, 0.29) is 5.91 Å². The molecule has 3 heterocycles.